The molecule has 0 heterocycles. The summed E-state index contributed by atoms with van der Waals surface area (Å²) in [5, 5.41) is 10.6. The van der Waals surface area contributed by atoms with Crippen molar-refractivity contribution in [3.63, 3.8) is 0 Å². The molecule has 0 rings (SSSR count). The second kappa shape index (κ2) is 63.8. The minimum Gasteiger partial charge on any atom is -0.462 e. The van der Waals surface area contributed by atoms with Crippen LogP contribution in [-0.4, -0.2) is 96.7 Å². The highest BCUT2D eigenvalue weighted by molar-refractivity contribution is 7.47. The van der Waals surface area contributed by atoms with Crippen molar-refractivity contribution in [2.24, 2.45) is 0 Å². The maximum absolute atomic E-state index is 13.0. The number of carbonyl (C=O) groups is 4. The van der Waals surface area contributed by atoms with Crippen LogP contribution in [0.3, 0.4) is 0 Å². The van der Waals surface area contributed by atoms with Crippen LogP contribution in [0.4, 0.5) is 0 Å². The van der Waals surface area contributed by atoms with Crippen molar-refractivity contribution in [2.75, 3.05) is 39.6 Å². The number of hydrogen-bond acceptors (Lipinski definition) is 15. The Labute approximate surface area is 537 Å². The fourth-order valence-electron chi connectivity index (χ4n) is 10.5. The van der Waals surface area contributed by atoms with Gasteiger partial charge in [-0.3, -0.25) is 37.3 Å². The predicted molar refractivity (Wildman–Crippen MR) is 354 cm³/mol. The number of unbranched alkanes of at least 4 members (excludes halogenated alkanes) is 44. The number of rotatable bonds is 70. The molecule has 0 aromatic heterocycles. The van der Waals surface area contributed by atoms with E-state index in [1.165, 1.54) is 186 Å². The van der Waals surface area contributed by atoms with Crippen molar-refractivity contribution < 1.29 is 80.2 Å². The molecule has 0 spiro atoms. The van der Waals surface area contributed by atoms with Crippen molar-refractivity contribution in [3.05, 3.63) is 0 Å². The standard InChI is InChI=1S/C69H134O17P2/c1-5-9-13-17-21-25-28-30-32-34-36-39-43-46-50-54-67(72)80-59-64(85-68(73)55-51-47-41-24-20-16-12-8-4)61-83-87(75,76)81-57-63(70)58-82-88(77,78)84-62-65(60-79-66(71)53-49-45-42-38-27-23-19-15-11-7-3)86-69(74)56-52-48-44-40-37-35-33-31-29-26-22-18-14-10-6-2/h63-65,70H,5-62H2,1-4H3,(H,75,76)(H,77,78)/t63-,64+,65+/m0/s1. The van der Waals surface area contributed by atoms with Crippen LogP contribution in [-0.2, 0) is 65.4 Å². The highest BCUT2D eigenvalue weighted by Crippen LogP contribution is 2.45. The van der Waals surface area contributed by atoms with Gasteiger partial charge in [0.1, 0.15) is 19.3 Å². The zero-order valence-electron chi connectivity index (χ0n) is 56.7. The van der Waals surface area contributed by atoms with Gasteiger partial charge in [-0.25, -0.2) is 9.13 Å². The Morgan fingerprint density at radius 2 is 0.455 bits per heavy atom. The van der Waals surface area contributed by atoms with Gasteiger partial charge in [0.2, 0.25) is 0 Å². The van der Waals surface area contributed by atoms with Crippen LogP contribution in [0.2, 0.25) is 0 Å². The van der Waals surface area contributed by atoms with E-state index in [9.17, 15) is 43.2 Å². The maximum Gasteiger partial charge on any atom is 0.472 e. The van der Waals surface area contributed by atoms with Crippen LogP contribution in [0.25, 0.3) is 0 Å². The summed E-state index contributed by atoms with van der Waals surface area (Å²) in [5.41, 5.74) is 0. The monoisotopic (exact) mass is 1300 g/mol. The fraction of sp³-hybridized carbons (Fsp3) is 0.942. The van der Waals surface area contributed by atoms with Crippen LogP contribution in [0.5, 0.6) is 0 Å². The van der Waals surface area contributed by atoms with Crippen LogP contribution in [0.1, 0.15) is 362 Å². The lowest BCUT2D eigenvalue weighted by Gasteiger charge is -2.21. The molecule has 19 heteroatoms. The van der Waals surface area contributed by atoms with Gasteiger partial charge in [-0.15, -0.1) is 0 Å². The molecular formula is C69H134O17P2. The van der Waals surface area contributed by atoms with Crippen LogP contribution in [0, 0.1) is 0 Å². The second-order valence-corrected chi connectivity index (χ2v) is 27.8. The Hall–Kier alpha value is -1.94. The minimum absolute atomic E-state index is 0.106. The molecule has 0 saturated carbocycles. The predicted octanol–water partition coefficient (Wildman–Crippen LogP) is 19.9. The average Bonchev–Trinajstić information content (AvgIpc) is 3.53. The molecule has 0 aromatic carbocycles. The number of esters is 4. The Morgan fingerprint density at radius 1 is 0.273 bits per heavy atom. The highest BCUT2D eigenvalue weighted by Gasteiger charge is 2.30. The number of phosphoric ester groups is 2. The quantitative estimate of drug-likeness (QED) is 0.0222. The first-order valence-electron chi connectivity index (χ1n) is 36.3. The van der Waals surface area contributed by atoms with E-state index in [2.05, 4.69) is 27.7 Å². The molecule has 522 valence electrons. The molecule has 0 aromatic rings. The molecular weight excluding hydrogens is 1160 g/mol. The van der Waals surface area contributed by atoms with Gasteiger partial charge in [-0.2, -0.15) is 0 Å². The van der Waals surface area contributed by atoms with Crippen LogP contribution < -0.4 is 0 Å². The Balaban J connectivity index is 5.17. The Kier molecular flexibility index (Phi) is 62.4. The fourth-order valence-corrected chi connectivity index (χ4v) is 12.1. The third-order valence-corrected chi connectivity index (χ3v) is 18.0. The number of aliphatic hydroxyl groups is 1. The molecule has 0 saturated heterocycles. The topological polar surface area (TPSA) is 237 Å². The zero-order valence-corrected chi connectivity index (χ0v) is 58.5. The van der Waals surface area contributed by atoms with Crippen LogP contribution in [0.15, 0.2) is 0 Å². The van der Waals surface area contributed by atoms with Gasteiger partial charge in [0.15, 0.2) is 12.2 Å². The number of aliphatic hydroxyl groups excluding tert-OH is 1. The number of hydrogen-bond donors (Lipinski definition) is 3. The second-order valence-electron chi connectivity index (χ2n) is 24.9. The van der Waals surface area contributed by atoms with Crippen molar-refractivity contribution in [1.29, 1.82) is 0 Å². The largest absolute Gasteiger partial charge is 0.472 e. The van der Waals surface area contributed by atoms with E-state index in [0.29, 0.717) is 25.7 Å². The lowest BCUT2D eigenvalue weighted by atomic mass is 10.0. The van der Waals surface area contributed by atoms with E-state index in [-0.39, 0.29) is 25.7 Å². The van der Waals surface area contributed by atoms with E-state index in [1.807, 2.05) is 0 Å². The number of ether oxygens (including phenoxy) is 4. The molecule has 0 aliphatic rings. The lowest BCUT2D eigenvalue weighted by molar-refractivity contribution is -0.161. The first-order valence-corrected chi connectivity index (χ1v) is 39.3. The summed E-state index contributed by atoms with van der Waals surface area (Å²) in [7, 11) is -9.89. The third-order valence-electron chi connectivity index (χ3n) is 16.1. The summed E-state index contributed by atoms with van der Waals surface area (Å²) < 4.78 is 68.2. The maximum atomic E-state index is 13.0. The van der Waals surface area contributed by atoms with Crippen LogP contribution >= 0.6 is 15.6 Å². The molecule has 0 aliphatic heterocycles. The van der Waals surface area contributed by atoms with Gasteiger partial charge in [0.25, 0.3) is 0 Å². The molecule has 5 atom stereocenters. The summed E-state index contributed by atoms with van der Waals surface area (Å²) >= 11 is 0. The molecule has 17 nitrogen and oxygen atoms in total. The zero-order chi connectivity index (χ0) is 64.7. The summed E-state index contributed by atoms with van der Waals surface area (Å²) in [6, 6.07) is 0. The molecule has 0 amide bonds. The molecule has 88 heavy (non-hydrogen) atoms. The summed E-state index contributed by atoms with van der Waals surface area (Å²) in [6.07, 6.45) is 51.3. The Morgan fingerprint density at radius 3 is 0.670 bits per heavy atom. The van der Waals surface area contributed by atoms with E-state index >= 15 is 0 Å². The van der Waals surface area contributed by atoms with Crippen molar-refractivity contribution >= 4 is 39.5 Å². The summed E-state index contributed by atoms with van der Waals surface area (Å²) in [6.45, 7) is 4.91. The van der Waals surface area contributed by atoms with Crippen molar-refractivity contribution in [2.45, 2.75) is 380 Å². The van der Waals surface area contributed by atoms with Gasteiger partial charge in [-0.05, 0) is 25.7 Å². The van der Waals surface area contributed by atoms with Crippen molar-refractivity contribution in [3.8, 4) is 0 Å². The number of carbonyl (C=O) groups excluding carboxylic acids is 4. The molecule has 0 bridgehead atoms. The highest BCUT2D eigenvalue weighted by atomic mass is 31.2. The molecule has 3 N–H and O–H groups in total. The Bertz CT molecular complexity index is 1690. The molecule has 0 aliphatic carbocycles. The smallest absolute Gasteiger partial charge is 0.462 e. The van der Waals surface area contributed by atoms with E-state index in [4.69, 9.17) is 37.0 Å². The molecule has 2 unspecified atom stereocenters. The average molecular weight is 1300 g/mol. The third kappa shape index (κ3) is 62.8. The summed E-state index contributed by atoms with van der Waals surface area (Å²) in [4.78, 5) is 72.4. The SMILES string of the molecule is CCCCCCCCCCCCCCCCCC(=O)OC[C@H](COP(=O)(O)OC[C@H](O)COP(=O)(O)OC[C@@H](COC(=O)CCCCCCCCCCCC)OC(=O)CCCCCCCCCCCCCCCCC)OC(=O)CCCCCCCCCC. The molecule has 0 fully saturated rings. The van der Waals surface area contributed by atoms with Gasteiger partial charge in [0.05, 0.1) is 26.4 Å². The minimum atomic E-state index is -4.95. The normalized spacial score (nSPS) is 14.0. The summed E-state index contributed by atoms with van der Waals surface area (Å²) in [5.74, 6) is -2.12. The van der Waals surface area contributed by atoms with E-state index < -0.39 is 97.5 Å². The lowest BCUT2D eigenvalue weighted by Crippen LogP contribution is -2.30. The number of phosphoric acid groups is 2. The first-order chi connectivity index (χ1) is 42.7. The van der Waals surface area contributed by atoms with E-state index in [1.54, 1.807) is 0 Å². The molecule has 0 radical (unpaired) electrons. The first kappa shape index (κ1) is 86.1. The van der Waals surface area contributed by atoms with Gasteiger partial charge in [0, 0.05) is 25.7 Å². The van der Waals surface area contributed by atoms with Gasteiger partial charge >= 0.3 is 39.5 Å². The van der Waals surface area contributed by atoms with E-state index in [0.717, 1.165) is 96.3 Å². The van der Waals surface area contributed by atoms with Crippen molar-refractivity contribution in [1.82, 2.24) is 0 Å². The van der Waals surface area contributed by atoms with Gasteiger partial charge in [-0.1, -0.05) is 310 Å². The van der Waals surface area contributed by atoms with Gasteiger partial charge < -0.3 is 33.8 Å².